The van der Waals surface area contributed by atoms with Gasteiger partial charge in [0.15, 0.2) is 0 Å². The number of hydrogen-bond acceptors (Lipinski definition) is 3. The molecule has 0 spiro atoms. The standard InChI is InChI=1S/C17H26N2S/c1-2-19-9-7-14(8-10-19)11-18-12-15-13-20-17-6-4-3-5-16(15)17/h3-6,14-15,18H,2,7-13H2,1H3. The summed E-state index contributed by atoms with van der Waals surface area (Å²) in [7, 11) is 0. The number of piperidine rings is 1. The molecule has 1 aromatic carbocycles. The smallest absolute Gasteiger partial charge is 0.0108 e. The van der Waals surface area contributed by atoms with Gasteiger partial charge < -0.3 is 10.2 Å². The Labute approximate surface area is 127 Å². The third kappa shape index (κ3) is 3.38. The molecular formula is C17H26N2S. The molecule has 1 fully saturated rings. The van der Waals surface area contributed by atoms with Crippen LogP contribution in [-0.2, 0) is 0 Å². The third-order valence-electron chi connectivity index (χ3n) is 4.78. The van der Waals surface area contributed by atoms with E-state index in [-0.39, 0.29) is 0 Å². The van der Waals surface area contributed by atoms with Gasteiger partial charge in [-0.2, -0.15) is 0 Å². The first-order chi connectivity index (χ1) is 9.86. The molecule has 2 aliphatic heterocycles. The Kier molecular flexibility index (Phi) is 5.03. The first-order valence-corrected chi connectivity index (χ1v) is 9.00. The molecule has 2 heterocycles. The number of fused-ring (bicyclic) bond motifs is 1. The van der Waals surface area contributed by atoms with Gasteiger partial charge in [-0.1, -0.05) is 25.1 Å². The van der Waals surface area contributed by atoms with Gasteiger partial charge in [-0.15, -0.1) is 11.8 Å². The zero-order valence-corrected chi connectivity index (χ0v) is 13.3. The van der Waals surface area contributed by atoms with E-state index in [4.69, 9.17) is 0 Å². The molecule has 0 radical (unpaired) electrons. The van der Waals surface area contributed by atoms with Gasteiger partial charge in [-0.05, 0) is 56.6 Å². The van der Waals surface area contributed by atoms with Crippen LogP contribution in [0.15, 0.2) is 29.2 Å². The van der Waals surface area contributed by atoms with Crippen LogP contribution in [0.2, 0.25) is 0 Å². The largest absolute Gasteiger partial charge is 0.316 e. The molecule has 1 N–H and O–H groups in total. The van der Waals surface area contributed by atoms with Crippen LogP contribution in [0.5, 0.6) is 0 Å². The van der Waals surface area contributed by atoms with Crippen molar-refractivity contribution >= 4 is 11.8 Å². The van der Waals surface area contributed by atoms with Crippen molar-refractivity contribution in [2.45, 2.75) is 30.6 Å². The highest BCUT2D eigenvalue weighted by molar-refractivity contribution is 7.99. The molecule has 0 amide bonds. The normalized spacial score (nSPS) is 23.9. The van der Waals surface area contributed by atoms with E-state index in [0.29, 0.717) is 5.92 Å². The highest BCUT2D eigenvalue weighted by atomic mass is 32.2. The average Bonchev–Trinajstić information content (AvgIpc) is 2.92. The first kappa shape index (κ1) is 14.4. The van der Waals surface area contributed by atoms with Crippen molar-refractivity contribution in [1.82, 2.24) is 10.2 Å². The zero-order valence-electron chi connectivity index (χ0n) is 12.5. The number of thioether (sulfide) groups is 1. The summed E-state index contributed by atoms with van der Waals surface area (Å²) in [6, 6.07) is 8.91. The second-order valence-corrected chi connectivity index (χ2v) is 7.14. The Bertz CT molecular complexity index is 427. The van der Waals surface area contributed by atoms with Crippen molar-refractivity contribution in [2.24, 2.45) is 5.92 Å². The minimum Gasteiger partial charge on any atom is -0.316 e. The van der Waals surface area contributed by atoms with E-state index in [9.17, 15) is 0 Å². The SMILES string of the molecule is CCN1CCC(CNCC2CSc3ccccc32)CC1. The minimum atomic E-state index is 0.715. The van der Waals surface area contributed by atoms with Gasteiger partial charge in [0.1, 0.15) is 0 Å². The fourth-order valence-electron chi connectivity index (χ4n) is 3.37. The second kappa shape index (κ2) is 6.97. The summed E-state index contributed by atoms with van der Waals surface area (Å²) < 4.78 is 0. The maximum atomic E-state index is 3.74. The molecule has 3 rings (SSSR count). The molecule has 1 unspecified atom stereocenters. The summed E-state index contributed by atoms with van der Waals surface area (Å²) in [5.74, 6) is 2.86. The molecule has 3 heteroatoms. The fourth-order valence-corrected chi connectivity index (χ4v) is 4.62. The van der Waals surface area contributed by atoms with Crippen molar-refractivity contribution in [3.8, 4) is 0 Å². The van der Waals surface area contributed by atoms with Gasteiger partial charge in [0, 0.05) is 23.1 Å². The molecule has 20 heavy (non-hydrogen) atoms. The lowest BCUT2D eigenvalue weighted by Crippen LogP contribution is -2.37. The number of hydrogen-bond donors (Lipinski definition) is 1. The molecular weight excluding hydrogens is 264 g/mol. The predicted molar refractivity (Wildman–Crippen MR) is 87.6 cm³/mol. The van der Waals surface area contributed by atoms with Gasteiger partial charge in [0.2, 0.25) is 0 Å². The van der Waals surface area contributed by atoms with E-state index < -0.39 is 0 Å². The molecule has 0 aromatic heterocycles. The van der Waals surface area contributed by atoms with E-state index in [1.165, 1.54) is 49.7 Å². The van der Waals surface area contributed by atoms with Crippen LogP contribution in [-0.4, -0.2) is 43.4 Å². The van der Waals surface area contributed by atoms with Crippen molar-refractivity contribution in [1.29, 1.82) is 0 Å². The van der Waals surface area contributed by atoms with E-state index in [0.717, 1.165) is 12.5 Å². The van der Waals surface area contributed by atoms with Crippen LogP contribution in [0.1, 0.15) is 31.2 Å². The number of benzene rings is 1. The van der Waals surface area contributed by atoms with Crippen LogP contribution in [0.4, 0.5) is 0 Å². The summed E-state index contributed by atoms with van der Waals surface area (Å²) >= 11 is 2.02. The Balaban J connectivity index is 1.41. The molecule has 0 aliphatic carbocycles. The van der Waals surface area contributed by atoms with Gasteiger partial charge >= 0.3 is 0 Å². The summed E-state index contributed by atoms with van der Waals surface area (Å²) in [6.07, 6.45) is 2.74. The lowest BCUT2D eigenvalue weighted by atomic mass is 9.96. The fraction of sp³-hybridized carbons (Fsp3) is 0.647. The monoisotopic (exact) mass is 290 g/mol. The summed E-state index contributed by atoms with van der Waals surface area (Å²) in [5, 5.41) is 3.74. The highest BCUT2D eigenvalue weighted by Crippen LogP contribution is 2.38. The van der Waals surface area contributed by atoms with Gasteiger partial charge in [0.05, 0.1) is 0 Å². The molecule has 2 nitrogen and oxygen atoms in total. The van der Waals surface area contributed by atoms with E-state index >= 15 is 0 Å². The number of nitrogens with one attached hydrogen (secondary N) is 1. The predicted octanol–water partition coefficient (Wildman–Crippen LogP) is 3.20. The molecule has 0 bridgehead atoms. The van der Waals surface area contributed by atoms with Crippen molar-refractivity contribution in [3.05, 3.63) is 29.8 Å². The van der Waals surface area contributed by atoms with Crippen molar-refractivity contribution in [3.63, 3.8) is 0 Å². The van der Waals surface area contributed by atoms with Gasteiger partial charge in [0.25, 0.3) is 0 Å². The molecule has 1 aromatic rings. The third-order valence-corrected chi connectivity index (χ3v) is 6.03. The molecule has 110 valence electrons. The van der Waals surface area contributed by atoms with Crippen LogP contribution in [0.25, 0.3) is 0 Å². The molecule has 1 saturated heterocycles. The van der Waals surface area contributed by atoms with Crippen molar-refractivity contribution < 1.29 is 0 Å². The molecule has 0 saturated carbocycles. The lowest BCUT2D eigenvalue weighted by molar-refractivity contribution is 0.190. The van der Waals surface area contributed by atoms with E-state index in [1.807, 2.05) is 11.8 Å². The Morgan fingerprint density at radius 3 is 2.80 bits per heavy atom. The van der Waals surface area contributed by atoms with Gasteiger partial charge in [-0.25, -0.2) is 0 Å². The Morgan fingerprint density at radius 2 is 2.00 bits per heavy atom. The number of nitrogens with zero attached hydrogens (tertiary/aromatic N) is 1. The second-order valence-electron chi connectivity index (χ2n) is 6.08. The first-order valence-electron chi connectivity index (χ1n) is 8.01. The maximum Gasteiger partial charge on any atom is 0.0108 e. The minimum absolute atomic E-state index is 0.715. The van der Waals surface area contributed by atoms with E-state index in [2.05, 4.69) is 41.4 Å². The molecule has 1 atom stereocenters. The highest BCUT2D eigenvalue weighted by Gasteiger charge is 2.23. The quantitative estimate of drug-likeness (QED) is 0.896. The van der Waals surface area contributed by atoms with Crippen LogP contribution in [0.3, 0.4) is 0 Å². The lowest BCUT2D eigenvalue weighted by Gasteiger charge is -2.31. The van der Waals surface area contributed by atoms with Crippen LogP contribution in [0, 0.1) is 5.92 Å². The van der Waals surface area contributed by atoms with Crippen LogP contribution >= 0.6 is 11.8 Å². The number of likely N-dealkylation sites (tertiary alicyclic amines) is 1. The van der Waals surface area contributed by atoms with Gasteiger partial charge in [-0.3, -0.25) is 0 Å². The topological polar surface area (TPSA) is 15.3 Å². The average molecular weight is 290 g/mol. The Morgan fingerprint density at radius 1 is 1.20 bits per heavy atom. The zero-order chi connectivity index (χ0) is 13.8. The van der Waals surface area contributed by atoms with E-state index in [1.54, 1.807) is 5.56 Å². The van der Waals surface area contributed by atoms with Crippen molar-refractivity contribution in [2.75, 3.05) is 38.5 Å². The molecule has 2 aliphatic rings. The maximum absolute atomic E-state index is 3.74. The Hall–Kier alpha value is -0.510. The number of rotatable bonds is 5. The summed E-state index contributed by atoms with van der Waals surface area (Å²) in [6.45, 7) is 8.44. The van der Waals surface area contributed by atoms with Crippen LogP contribution < -0.4 is 5.32 Å². The summed E-state index contributed by atoms with van der Waals surface area (Å²) in [5.41, 5.74) is 1.56. The summed E-state index contributed by atoms with van der Waals surface area (Å²) in [4.78, 5) is 4.07.